The van der Waals surface area contributed by atoms with Gasteiger partial charge in [0.25, 0.3) is 5.91 Å². The number of benzene rings is 1. The van der Waals surface area contributed by atoms with E-state index in [1.54, 1.807) is 7.11 Å². The monoisotopic (exact) mass is 358 g/mol. The quantitative estimate of drug-likeness (QED) is 0.501. The van der Waals surface area contributed by atoms with Crippen molar-refractivity contribution in [3.05, 3.63) is 29.8 Å². The number of sulfonamides is 1. The highest BCUT2D eigenvalue weighted by Gasteiger charge is 2.18. The summed E-state index contributed by atoms with van der Waals surface area (Å²) in [5.41, 5.74) is 0.167. The summed E-state index contributed by atoms with van der Waals surface area (Å²) in [6.07, 6.45) is 0.665. The van der Waals surface area contributed by atoms with Crippen molar-refractivity contribution in [3.8, 4) is 0 Å². The van der Waals surface area contributed by atoms with Crippen molar-refractivity contribution < 1.29 is 27.5 Å². The molecule has 9 heteroatoms. The number of methoxy groups -OCH3 is 1. The number of ether oxygens (including phenoxy) is 2. The van der Waals surface area contributed by atoms with E-state index < -0.39 is 28.5 Å². The Balaban J connectivity index is 2.53. The first kappa shape index (κ1) is 20.1. The molecule has 0 aliphatic heterocycles. The molecule has 0 bridgehead atoms. The molecule has 0 fully saturated rings. The van der Waals surface area contributed by atoms with Crippen molar-refractivity contribution in [2.75, 3.05) is 41.0 Å². The number of amides is 1. The molecule has 1 amide bonds. The van der Waals surface area contributed by atoms with Gasteiger partial charge < -0.3 is 14.8 Å². The number of rotatable bonds is 9. The number of nitrogens with one attached hydrogen (secondary N) is 1. The van der Waals surface area contributed by atoms with Gasteiger partial charge in [-0.25, -0.2) is 17.5 Å². The number of hydrogen-bond donors (Lipinski definition) is 1. The van der Waals surface area contributed by atoms with E-state index in [1.165, 1.54) is 38.4 Å². The van der Waals surface area contributed by atoms with Gasteiger partial charge in [0.15, 0.2) is 6.61 Å². The zero-order valence-corrected chi connectivity index (χ0v) is 14.8. The molecule has 0 spiro atoms. The highest BCUT2D eigenvalue weighted by Crippen LogP contribution is 2.14. The molecule has 24 heavy (non-hydrogen) atoms. The fourth-order valence-corrected chi connectivity index (χ4v) is 2.59. The minimum absolute atomic E-state index is 0.0694. The molecule has 0 unspecified atom stereocenters. The Morgan fingerprint density at radius 2 is 1.79 bits per heavy atom. The highest BCUT2D eigenvalue weighted by atomic mass is 32.2. The van der Waals surface area contributed by atoms with Gasteiger partial charge in [-0.15, -0.1) is 0 Å². The molecule has 0 atom stereocenters. The van der Waals surface area contributed by atoms with Gasteiger partial charge >= 0.3 is 5.97 Å². The van der Waals surface area contributed by atoms with Crippen molar-refractivity contribution in [2.24, 2.45) is 0 Å². The van der Waals surface area contributed by atoms with Crippen LogP contribution in [0.25, 0.3) is 0 Å². The summed E-state index contributed by atoms with van der Waals surface area (Å²) in [7, 11) is 0.854. The van der Waals surface area contributed by atoms with Gasteiger partial charge in [-0.2, -0.15) is 0 Å². The van der Waals surface area contributed by atoms with E-state index in [2.05, 4.69) is 5.32 Å². The van der Waals surface area contributed by atoms with Gasteiger partial charge in [-0.05, 0) is 30.7 Å². The lowest BCUT2D eigenvalue weighted by Crippen LogP contribution is -2.30. The van der Waals surface area contributed by atoms with Crippen molar-refractivity contribution in [1.29, 1.82) is 0 Å². The van der Waals surface area contributed by atoms with E-state index >= 15 is 0 Å². The van der Waals surface area contributed by atoms with Gasteiger partial charge in [0.05, 0.1) is 10.5 Å². The summed E-state index contributed by atoms with van der Waals surface area (Å²) in [6.45, 7) is 0.563. The van der Waals surface area contributed by atoms with Crippen LogP contribution in [-0.4, -0.2) is 65.6 Å². The van der Waals surface area contributed by atoms with Crippen LogP contribution in [0.1, 0.15) is 16.8 Å². The Kier molecular flexibility index (Phi) is 7.83. The Bertz CT molecular complexity index is 655. The Morgan fingerprint density at radius 3 is 2.33 bits per heavy atom. The normalized spacial score (nSPS) is 11.3. The molecule has 0 saturated carbocycles. The second kappa shape index (κ2) is 9.36. The van der Waals surface area contributed by atoms with Crippen molar-refractivity contribution in [1.82, 2.24) is 9.62 Å². The highest BCUT2D eigenvalue weighted by molar-refractivity contribution is 7.89. The number of carbonyl (C=O) groups is 2. The average Bonchev–Trinajstić information content (AvgIpc) is 2.56. The van der Waals surface area contributed by atoms with E-state index in [0.29, 0.717) is 19.6 Å². The lowest BCUT2D eigenvalue weighted by Gasteiger charge is -2.11. The van der Waals surface area contributed by atoms with Gasteiger partial charge in [0.1, 0.15) is 0 Å². The molecule has 0 heterocycles. The maximum Gasteiger partial charge on any atom is 0.338 e. The smallest absolute Gasteiger partial charge is 0.338 e. The molecule has 0 saturated heterocycles. The van der Waals surface area contributed by atoms with Crippen LogP contribution < -0.4 is 5.32 Å². The first-order valence-corrected chi connectivity index (χ1v) is 8.68. The predicted molar refractivity (Wildman–Crippen MR) is 87.1 cm³/mol. The second-order valence-corrected chi connectivity index (χ2v) is 7.24. The lowest BCUT2D eigenvalue weighted by molar-refractivity contribution is -0.124. The Morgan fingerprint density at radius 1 is 1.17 bits per heavy atom. The zero-order chi connectivity index (χ0) is 18.2. The number of carbonyl (C=O) groups excluding carboxylic acids is 2. The molecule has 1 N–H and O–H groups in total. The molecular weight excluding hydrogens is 336 g/mol. The molecule has 0 aromatic heterocycles. The third kappa shape index (κ3) is 5.91. The van der Waals surface area contributed by atoms with Gasteiger partial charge in [0, 0.05) is 34.4 Å². The molecule has 1 rings (SSSR count). The largest absolute Gasteiger partial charge is 0.452 e. The van der Waals surface area contributed by atoms with Crippen LogP contribution >= 0.6 is 0 Å². The van der Waals surface area contributed by atoms with Crippen LogP contribution in [-0.2, 0) is 24.3 Å². The van der Waals surface area contributed by atoms with E-state index in [4.69, 9.17) is 9.47 Å². The molecule has 8 nitrogen and oxygen atoms in total. The van der Waals surface area contributed by atoms with Crippen molar-refractivity contribution >= 4 is 21.9 Å². The number of esters is 1. The molecule has 1 aromatic carbocycles. The topological polar surface area (TPSA) is 102 Å². The van der Waals surface area contributed by atoms with Gasteiger partial charge in [-0.1, -0.05) is 0 Å². The minimum atomic E-state index is -3.55. The summed E-state index contributed by atoms with van der Waals surface area (Å²) in [5, 5.41) is 2.58. The van der Waals surface area contributed by atoms with Crippen molar-refractivity contribution in [2.45, 2.75) is 11.3 Å². The third-order valence-electron chi connectivity index (χ3n) is 3.05. The van der Waals surface area contributed by atoms with Crippen LogP contribution in [0.15, 0.2) is 29.2 Å². The van der Waals surface area contributed by atoms with Crippen LogP contribution in [0.3, 0.4) is 0 Å². The van der Waals surface area contributed by atoms with E-state index in [9.17, 15) is 18.0 Å². The van der Waals surface area contributed by atoms with E-state index in [0.717, 1.165) is 4.31 Å². The SMILES string of the molecule is COCCCNC(=O)COC(=O)c1ccc(S(=O)(=O)N(C)C)cc1. The third-order valence-corrected chi connectivity index (χ3v) is 4.88. The molecule has 134 valence electrons. The van der Waals surface area contributed by atoms with Gasteiger partial charge in [0.2, 0.25) is 10.0 Å². The molecule has 1 aromatic rings. The van der Waals surface area contributed by atoms with E-state index in [1.807, 2.05) is 0 Å². The fourth-order valence-electron chi connectivity index (χ4n) is 1.68. The van der Waals surface area contributed by atoms with Crippen LogP contribution in [0.2, 0.25) is 0 Å². The Labute approximate surface area is 141 Å². The average molecular weight is 358 g/mol. The second-order valence-electron chi connectivity index (χ2n) is 5.08. The minimum Gasteiger partial charge on any atom is -0.452 e. The van der Waals surface area contributed by atoms with E-state index in [-0.39, 0.29) is 10.5 Å². The summed E-state index contributed by atoms with van der Waals surface area (Å²) in [6, 6.07) is 5.32. The maximum absolute atomic E-state index is 11.9. The zero-order valence-electron chi connectivity index (χ0n) is 13.9. The Hall–Kier alpha value is -1.97. The van der Waals surface area contributed by atoms with Crippen LogP contribution in [0.4, 0.5) is 0 Å². The maximum atomic E-state index is 11.9. The van der Waals surface area contributed by atoms with Crippen LogP contribution in [0.5, 0.6) is 0 Å². The lowest BCUT2D eigenvalue weighted by atomic mass is 10.2. The van der Waals surface area contributed by atoms with Crippen LogP contribution in [0, 0.1) is 0 Å². The first-order chi connectivity index (χ1) is 11.3. The summed E-state index contributed by atoms with van der Waals surface area (Å²) in [5.74, 6) is -1.11. The molecule has 0 aliphatic carbocycles. The van der Waals surface area contributed by atoms with Gasteiger partial charge in [-0.3, -0.25) is 4.79 Å². The summed E-state index contributed by atoms with van der Waals surface area (Å²) >= 11 is 0. The first-order valence-electron chi connectivity index (χ1n) is 7.24. The number of nitrogens with zero attached hydrogens (tertiary/aromatic N) is 1. The van der Waals surface area contributed by atoms with Crippen molar-refractivity contribution in [3.63, 3.8) is 0 Å². The molecule has 0 radical (unpaired) electrons. The standard InChI is InChI=1S/C15H22N2O6S/c1-17(2)24(20,21)13-7-5-12(6-8-13)15(19)23-11-14(18)16-9-4-10-22-3/h5-8H,4,9-11H2,1-3H3,(H,16,18). The molecule has 0 aliphatic rings. The summed E-state index contributed by atoms with van der Waals surface area (Å²) in [4.78, 5) is 23.4. The fraction of sp³-hybridized carbons (Fsp3) is 0.467. The summed E-state index contributed by atoms with van der Waals surface area (Å²) < 4.78 is 34.6. The predicted octanol–water partition coefficient (Wildman–Crippen LogP) is 0.246. The number of hydrogen-bond acceptors (Lipinski definition) is 6. The molecular formula is C15H22N2O6S.